The summed E-state index contributed by atoms with van der Waals surface area (Å²) < 4.78 is 0. The summed E-state index contributed by atoms with van der Waals surface area (Å²) >= 11 is 0. The molecule has 1 aromatic carbocycles. The molecule has 0 bridgehead atoms. The van der Waals surface area contributed by atoms with Crippen LogP contribution in [0.25, 0.3) is 10.9 Å². The van der Waals surface area contributed by atoms with Gasteiger partial charge in [0.1, 0.15) is 0 Å². The summed E-state index contributed by atoms with van der Waals surface area (Å²) in [4.78, 5) is 4.70. The summed E-state index contributed by atoms with van der Waals surface area (Å²) in [6.07, 6.45) is 8.89. The van der Waals surface area contributed by atoms with Gasteiger partial charge in [0.2, 0.25) is 0 Å². The monoisotopic (exact) mass is 283 g/mol. The Bertz CT molecular complexity index is 591. The lowest BCUT2D eigenvalue weighted by molar-refractivity contribution is 0.520. The van der Waals surface area contributed by atoms with Gasteiger partial charge in [-0.2, -0.15) is 0 Å². The van der Waals surface area contributed by atoms with E-state index in [1.54, 1.807) is 0 Å². The third-order valence-electron chi connectivity index (χ3n) is 4.42. The van der Waals surface area contributed by atoms with Crippen LogP contribution in [0.3, 0.4) is 0 Å². The molecule has 0 saturated carbocycles. The Labute approximate surface area is 127 Å². The number of aromatic nitrogens is 1. The molecule has 1 aromatic heterocycles. The standard InChI is InChI=1S/C13H14N2.C5H11N/c14-13-9-5-1-3-7-11(9)15-12-8-4-2-6-10(12)13;1-2-4-6-5-3-1/h1,3,5,7H,2,4,6,8H2,(H2,14,15);6H,1-5H2. The van der Waals surface area contributed by atoms with Gasteiger partial charge in [-0.3, -0.25) is 4.98 Å². The lowest BCUT2D eigenvalue weighted by Gasteiger charge is -2.18. The summed E-state index contributed by atoms with van der Waals surface area (Å²) in [7, 11) is 0. The molecule has 1 fully saturated rings. The van der Waals surface area contributed by atoms with Gasteiger partial charge in [0.25, 0.3) is 0 Å². The number of anilines is 1. The molecule has 3 N–H and O–H groups in total. The van der Waals surface area contributed by atoms with Gasteiger partial charge < -0.3 is 11.1 Å². The molecular formula is C18H25N3. The molecule has 1 saturated heterocycles. The van der Waals surface area contributed by atoms with Crippen molar-refractivity contribution in [2.75, 3.05) is 18.8 Å². The fourth-order valence-corrected chi connectivity index (χ4v) is 3.21. The van der Waals surface area contributed by atoms with E-state index in [0.717, 1.165) is 29.4 Å². The molecular weight excluding hydrogens is 258 g/mol. The van der Waals surface area contributed by atoms with Crippen molar-refractivity contribution in [3.63, 3.8) is 0 Å². The van der Waals surface area contributed by atoms with E-state index in [9.17, 15) is 0 Å². The molecule has 0 spiro atoms. The lowest BCUT2D eigenvalue weighted by Crippen LogP contribution is -2.21. The van der Waals surface area contributed by atoms with Crippen LogP contribution < -0.4 is 11.1 Å². The van der Waals surface area contributed by atoms with Gasteiger partial charge in [-0.05, 0) is 63.2 Å². The van der Waals surface area contributed by atoms with Crippen molar-refractivity contribution in [1.29, 1.82) is 0 Å². The maximum absolute atomic E-state index is 6.20. The Kier molecular flexibility index (Phi) is 4.71. The number of nitrogen functional groups attached to an aromatic ring is 1. The van der Waals surface area contributed by atoms with Crippen molar-refractivity contribution in [1.82, 2.24) is 10.3 Å². The molecule has 0 amide bonds. The van der Waals surface area contributed by atoms with Gasteiger partial charge in [-0.1, -0.05) is 24.6 Å². The van der Waals surface area contributed by atoms with Crippen LogP contribution in [-0.2, 0) is 12.8 Å². The molecule has 1 aliphatic heterocycles. The fourth-order valence-electron chi connectivity index (χ4n) is 3.21. The first-order valence-corrected chi connectivity index (χ1v) is 8.23. The first-order valence-electron chi connectivity index (χ1n) is 8.23. The Morgan fingerprint density at radius 3 is 2.38 bits per heavy atom. The third kappa shape index (κ3) is 3.35. The topological polar surface area (TPSA) is 50.9 Å². The maximum Gasteiger partial charge on any atom is 0.0726 e. The lowest BCUT2D eigenvalue weighted by atomic mass is 9.93. The van der Waals surface area contributed by atoms with E-state index in [0.29, 0.717) is 0 Å². The minimum Gasteiger partial charge on any atom is -0.398 e. The number of hydrogen-bond acceptors (Lipinski definition) is 3. The second-order valence-electron chi connectivity index (χ2n) is 5.99. The average molecular weight is 283 g/mol. The third-order valence-corrected chi connectivity index (χ3v) is 4.42. The molecule has 0 unspecified atom stereocenters. The zero-order valence-corrected chi connectivity index (χ0v) is 12.7. The highest BCUT2D eigenvalue weighted by Crippen LogP contribution is 2.30. The molecule has 4 rings (SSSR count). The number of fused-ring (bicyclic) bond motifs is 2. The highest BCUT2D eigenvalue weighted by Gasteiger charge is 2.15. The molecule has 0 radical (unpaired) electrons. The van der Waals surface area contributed by atoms with Crippen molar-refractivity contribution in [2.45, 2.75) is 44.9 Å². The van der Waals surface area contributed by atoms with E-state index in [-0.39, 0.29) is 0 Å². The Morgan fingerprint density at radius 1 is 0.905 bits per heavy atom. The number of benzene rings is 1. The first kappa shape index (κ1) is 14.3. The van der Waals surface area contributed by atoms with Gasteiger partial charge >= 0.3 is 0 Å². The molecule has 1 aliphatic carbocycles. The van der Waals surface area contributed by atoms with Crippen LogP contribution in [0.15, 0.2) is 24.3 Å². The van der Waals surface area contributed by atoms with Crippen LogP contribution in [0, 0.1) is 0 Å². The van der Waals surface area contributed by atoms with E-state index < -0.39 is 0 Å². The van der Waals surface area contributed by atoms with Crippen LogP contribution in [0.2, 0.25) is 0 Å². The van der Waals surface area contributed by atoms with Crippen LogP contribution in [-0.4, -0.2) is 18.1 Å². The summed E-state index contributed by atoms with van der Waals surface area (Å²) in [6.45, 7) is 2.50. The second kappa shape index (κ2) is 6.90. The van der Waals surface area contributed by atoms with Crippen molar-refractivity contribution in [3.05, 3.63) is 35.5 Å². The number of rotatable bonds is 0. The summed E-state index contributed by atoms with van der Waals surface area (Å²) in [5.74, 6) is 0. The number of nitrogens with one attached hydrogen (secondary N) is 1. The summed E-state index contributed by atoms with van der Waals surface area (Å²) in [5.41, 5.74) is 10.7. The van der Waals surface area contributed by atoms with Crippen molar-refractivity contribution >= 4 is 16.6 Å². The van der Waals surface area contributed by atoms with E-state index in [2.05, 4.69) is 11.4 Å². The van der Waals surface area contributed by atoms with Gasteiger partial charge in [0.15, 0.2) is 0 Å². The van der Waals surface area contributed by atoms with Gasteiger partial charge in [0.05, 0.1) is 5.52 Å². The maximum atomic E-state index is 6.20. The number of pyridine rings is 1. The Hall–Kier alpha value is -1.61. The molecule has 2 heterocycles. The van der Waals surface area contributed by atoms with Gasteiger partial charge in [-0.15, -0.1) is 0 Å². The highest BCUT2D eigenvalue weighted by atomic mass is 14.9. The number of piperidine rings is 1. The van der Waals surface area contributed by atoms with Crippen LogP contribution in [0.5, 0.6) is 0 Å². The highest BCUT2D eigenvalue weighted by molar-refractivity contribution is 5.92. The zero-order valence-electron chi connectivity index (χ0n) is 12.7. The summed E-state index contributed by atoms with van der Waals surface area (Å²) in [6, 6.07) is 8.15. The van der Waals surface area contributed by atoms with Crippen LogP contribution >= 0.6 is 0 Å². The average Bonchev–Trinajstić information content (AvgIpc) is 2.57. The molecule has 3 nitrogen and oxygen atoms in total. The van der Waals surface area contributed by atoms with Gasteiger partial charge in [0, 0.05) is 16.8 Å². The summed E-state index contributed by atoms with van der Waals surface area (Å²) in [5, 5.41) is 4.39. The first-order chi connectivity index (χ1) is 10.4. The predicted octanol–water partition coefficient (Wildman–Crippen LogP) is 3.46. The fraction of sp³-hybridized carbons (Fsp3) is 0.500. The Morgan fingerprint density at radius 2 is 1.67 bits per heavy atom. The molecule has 2 aromatic rings. The second-order valence-corrected chi connectivity index (χ2v) is 5.99. The molecule has 0 atom stereocenters. The van der Waals surface area contributed by atoms with Crippen LogP contribution in [0.4, 0.5) is 5.69 Å². The number of aryl methyl sites for hydroxylation is 1. The molecule has 112 valence electrons. The smallest absolute Gasteiger partial charge is 0.0726 e. The minimum atomic E-state index is 0.954. The van der Waals surface area contributed by atoms with Gasteiger partial charge in [-0.25, -0.2) is 0 Å². The van der Waals surface area contributed by atoms with E-state index in [1.165, 1.54) is 56.5 Å². The Balaban J connectivity index is 0.000000186. The minimum absolute atomic E-state index is 0.954. The van der Waals surface area contributed by atoms with E-state index >= 15 is 0 Å². The molecule has 3 heteroatoms. The number of nitrogens with zero attached hydrogens (tertiary/aromatic N) is 1. The largest absolute Gasteiger partial charge is 0.398 e. The SMILES string of the molecule is C1CCNCC1.Nc1c2c(nc3ccccc13)CCCC2. The number of hydrogen-bond donors (Lipinski definition) is 2. The normalized spacial score (nSPS) is 17.7. The predicted molar refractivity (Wildman–Crippen MR) is 89.5 cm³/mol. The van der Waals surface area contributed by atoms with Crippen molar-refractivity contribution in [3.8, 4) is 0 Å². The van der Waals surface area contributed by atoms with Crippen molar-refractivity contribution in [2.24, 2.45) is 0 Å². The molecule has 21 heavy (non-hydrogen) atoms. The van der Waals surface area contributed by atoms with Crippen LogP contribution in [0.1, 0.15) is 43.4 Å². The van der Waals surface area contributed by atoms with Crippen molar-refractivity contribution < 1.29 is 0 Å². The zero-order chi connectivity index (χ0) is 14.5. The van der Waals surface area contributed by atoms with E-state index in [1.807, 2.05) is 18.2 Å². The number of para-hydroxylation sites is 1. The quantitative estimate of drug-likeness (QED) is 0.778. The molecule has 2 aliphatic rings. The van der Waals surface area contributed by atoms with E-state index in [4.69, 9.17) is 10.7 Å². The number of nitrogens with two attached hydrogens (primary N) is 1.